The van der Waals surface area contributed by atoms with Gasteiger partial charge < -0.3 is 10.1 Å². The third-order valence-electron chi connectivity index (χ3n) is 3.01. The van der Waals surface area contributed by atoms with E-state index in [9.17, 15) is 13.6 Å². The topological polar surface area (TPSA) is 51.2 Å². The van der Waals surface area contributed by atoms with Crippen LogP contribution in [-0.4, -0.2) is 17.5 Å². The van der Waals surface area contributed by atoms with Gasteiger partial charge in [-0.15, -0.1) is 11.3 Å². The lowest BCUT2D eigenvalue weighted by Crippen LogP contribution is -2.16. The number of aromatic nitrogens is 1. The first kappa shape index (κ1) is 17.3. The number of hydrogen-bond donors (Lipinski definition) is 1. The number of amides is 1. The van der Waals surface area contributed by atoms with E-state index in [1.165, 1.54) is 23.5 Å². The highest BCUT2D eigenvalue weighted by Crippen LogP contribution is 2.26. The lowest BCUT2D eigenvalue weighted by molar-refractivity contribution is -0.115. The van der Waals surface area contributed by atoms with Crippen LogP contribution in [0.15, 0.2) is 29.6 Å². The Morgan fingerprint density at radius 1 is 1.39 bits per heavy atom. The van der Waals surface area contributed by atoms with Crippen molar-refractivity contribution < 1.29 is 18.3 Å². The van der Waals surface area contributed by atoms with Crippen molar-refractivity contribution in [1.82, 2.24) is 4.98 Å². The molecule has 0 unspecified atom stereocenters. The van der Waals surface area contributed by atoms with E-state index in [0.29, 0.717) is 10.7 Å². The Hall–Kier alpha value is -2.02. The summed E-state index contributed by atoms with van der Waals surface area (Å²) in [5.74, 6) is -0.219. The molecule has 124 valence electrons. The number of benzene rings is 1. The molecule has 0 saturated carbocycles. The van der Waals surface area contributed by atoms with Crippen LogP contribution in [0.1, 0.15) is 32.0 Å². The number of carbonyl (C=O) groups excluding carboxylic acids is 1. The molecule has 0 radical (unpaired) electrons. The number of anilines is 1. The number of nitrogens with one attached hydrogen (secondary N) is 1. The molecule has 2 rings (SSSR count). The fraction of sp³-hybridized carbons (Fsp3) is 0.375. The molecule has 0 spiro atoms. The monoisotopic (exact) mass is 340 g/mol. The summed E-state index contributed by atoms with van der Waals surface area (Å²) in [6.07, 6.45) is 0.0604. The zero-order valence-electron chi connectivity index (χ0n) is 13.1. The van der Waals surface area contributed by atoms with Gasteiger partial charge in [0.15, 0.2) is 5.13 Å². The van der Waals surface area contributed by atoms with E-state index in [1.54, 1.807) is 12.1 Å². The van der Waals surface area contributed by atoms with Crippen molar-refractivity contribution in [1.29, 1.82) is 0 Å². The number of halogens is 2. The molecule has 0 saturated heterocycles. The number of thiazole rings is 1. The van der Waals surface area contributed by atoms with E-state index in [4.69, 9.17) is 0 Å². The standard InChI is InChI=1S/C16H18F2N2O2S/c1-16(2,3)12-9-23-15(19-12)20-13(21)8-10-5-4-6-11(7-10)22-14(17)18/h4-7,9,14H,8H2,1-3H3,(H,19,20,21). The minimum atomic E-state index is -2.88. The Kier molecular flexibility index (Phi) is 5.30. The summed E-state index contributed by atoms with van der Waals surface area (Å²) in [5.41, 5.74) is 1.42. The first-order valence-corrected chi connectivity index (χ1v) is 7.91. The third kappa shape index (κ3) is 5.28. The van der Waals surface area contributed by atoms with Crippen LogP contribution in [0.5, 0.6) is 5.75 Å². The summed E-state index contributed by atoms with van der Waals surface area (Å²) >= 11 is 1.36. The lowest BCUT2D eigenvalue weighted by Gasteiger charge is -2.14. The van der Waals surface area contributed by atoms with Gasteiger partial charge >= 0.3 is 6.61 Å². The number of rotatable bonds is 5. The van der Waals surface area contributed by atoms with Gasteiger partial charge in [0.1, 0.15) is 5.75 Å². The second kappa shape index (κ2) is 7.04. The van der Waals surface area contributed by atoms with E-state index in [2.05, 4.69) is 15.0 Å². The van der Waals surface area contributed by atoms with Gasteiger partial charge in [-0.25, -0.2) is 4.98 Å². The Balaban J connectivity index is 1.98. The van der Waals surface area contributed by atoms with Gasteiger partial charge in [0.25, 0.3) is 0 Å². The smallest absolute Gasteiger partial charge is 0.387 e. The molecule has 0 fully saturated rings. The highest BCUT2D eigenvalue weighted by atomic mass is 32.1. The van der Waals surface area contributed by atoms with E-state index in [0.717, 1.165) is 5.69 Å². The summed E-state index contributed by atoms with van der Waals surface area (Å²) in [6.45, 7) is 3.25. The highest BCUT2D eigenvalue weighted by molar-refractivity contribution is 7.13. The number of alkyl halides is 2. The van der Waals surface area contributed by atoms with Crippen LogP contribution in [0.4, 0.5) is 13.9 Å². The second-order valence-corrected chi connectivity index (χ2v) is 6.90. The van der Waals surface area contributed by atoms with Crippen molar-refractivity contribution in [3.8, 4) is 5.75 Å². The molecule has 0 aliphatic carbocycles. The van der Waals surface area contributed by atoms with Gasteiger partial charge in [0, 0.05) is 10.8 Å². The normalized spacial score (nSPS) is 11.6. The molecular weight excluding hydrogens is 322 g/mol. The molecule has 1 aromatic carbocycles. The van der Waals surface area contributed by atoms with Gasteiger partial charge in [0.2, 0.25) is 5.91 Å². The quantitative estimate of drug-likeness (QED) is 0.886. The SMILES string of the molecule is CC(C)(C)c1csc(NC(=O)Cc2cccc(OC(F)F)c2)n1. The predicted molar refractivity (Wildman–Crippen MR) is 86.2 cm³/mol. The summed E-state index contributed by atoms with van der Waals surface area (Å²) in [7, 11) is 0. The van der Waals surface area contributed by atoms with Crippen molar-refractivity contribution >= 4 is 22.4 Å². The van der Waals surface area contributed by atoms with Gasteiger partial charge in [-0.1, -0.05) is 32.9 Å². The molecule has 0 aliphatic heterocycles. The van der Waals surface area contributed by atoms with Gasteiger partial charge in [0.05, 0.1) is 12.1 Å². The predicted octanol–water partition coefficient (Wildman–Crippen LogP) is 4.22. The molecule has 1 aromatic heterocycles. The van der Waals surface area contributed by atoms with E-state index in [1.807, 2.05) is 26.2 Å². The molecule has 0 atom stereocenters. The van der Waals surface area contributed by atoms with Crippen molar-refractivity contribution in [3.63, 3.8) is 0 Å². The lowest BCUT2D eigenvalue weighted by atomic mass is 9.93. The fourth-order valence-electron chi connectivity index (χ4n) is 1.86. The van der Waals surface area contributed by atoms with Crippen LogP contribution in [0, 0.1) is 0 Å². The molecule has 1 heterocycles. The molecular formula is C16H18F2N2O2S. The summed E-state index contributed by atoms with van der Waals surface area (Å²) in [6, 6.07) is 6.10. The Morgan fingerprint density at radius 3 is 2.74 bits per heavy atom. The van der Waals surface area contributed by atoms with Crippen molar-refractivity contribution in [2.75, 3.05) is 5.32 Å². The van der Waals surface area contributed by atoms with Crippen molar-refractivity contribution in [3.05, 3.63) is 40.9 Å². The van der Waals surface area contributed by atoms with Crippen molar-refractivity contribution in [2.45, 2.75) is 39.2 Å². The average molecular weight is 340 g/mol. The van der Waals surface area contributed by atoms with Crippen LogP contribution < -0.4 is 10.1 Å². The minimum absolute atomic E-state index is 0.0366. The first-order chi connectivity index (χ1) is 10.7. The zero-order valence-corrected chi connectivity index (χ0v) is 13.9. The maximum atomic E-state index is 12.2. The van der Waals surface area contributed by atoms with Gasteiger partial charge in [-0.2, -0.15) is 8.78 Å². The molecule has 0 bridgehead atoms. The van der Waals surface area contributed by atoms with Crippen LogP contribution in [0.3, 0.4) is 0 Å². The first-order valence-electron chi connectivity index (χ1n) is 7.03. The number of ether oxygens (including phenoxy) is 1. The fourth-order valence-corrected chi connectivity index (χ4v) is 2.81. The molecule has 2 aromatic rings. The Bertz CT molecular complexity index is 681. The van der Waals surface area contributed by atoms with E-state index in [-0.39, 0.29) is 23.5 Å². The molecule has 1 N–H and O–H groups in total. The third-order valence-corrected chi connectivity index (χ3v) is 3.76. The second-order valence-electron chi connectivity index (χ2n) is 6.04. The molecule has 7 heteroatoms. The van der Waals surface area contributed by atoms with E-state index >= 15 is 0 Å². The molecule has 4 nitrogen and oxygen atoms in total. The molecule has 1 amide bonds. The highest BCUT2D eigenvalue weighted by Gasteiger charge is 2.18. The average Bonchev–Trinajstić information content (AvgIpc) is 2.86. The number of nitrogens with zero attached hydrogens (tertiary/aromatic N) is 1. The van der Waals surface area contributed by atoms with Crippen molar-refractivity contribution in [2.24, 2.45) is 0 Å². The van der Waals surface area contributed by atoms with E-state index < -0.39 is 6.61 Å². The maximum Gasteiger partial charge on any atom is 0.387 e. The zero-order chi connectivity index (χ0) is 17.0. The summed E-state index contributed by atoms with van der Waals surface area (Å²) in [4.78, 5) is 16.4. The Morgan fingerprint density at radius 2 is 2.13 bits per heavy atom. The van der Waals surface area contributed by atoms with Crippen LogP contribution in [-0.2, 0) is 16.6 Å². The summed E-state index contributed by atoms with van der Waals surface area (Å²) in [5, 5.41) is 5.16. The maximum absolute atomic E-state index is 12.2. The van der Waals surface area contributed by atoms with Crippen LogP contribution in [0.2, 0.25) is 0 Å². The van der Waals surface area contributed by atoms with Crippen LogP contribution >= 0.6 is 11.3 Å². The molecule has 0 aliphatic rings. The van der Waals surface area contributed by atoms with Gasteiger partial charge in [-0.3, -0.25) is 4.79 Å². The Labute approximate surface area is 137 Å². The minimum Gasteiger partial charge on any atom is -0.435 e. The molecule has 23 heavy (non-hydrogen) atoms. The van der Waals surface area contributed by atoms with Crippen LogP contribution in [0.25, 0.3) is 0 Å². The summed E-state index contributed by atoms with van der Waals surface area (Å²) < 4.78 is 28.7. The largest absolute Gasteiger partial charge is 0.435 e. The number of carbonyl (C=O) groups is 1. The van der Waals surface area contributed by atoms with Gasteiger partial charge in [-0.05, 0) is 17.7 Å². The number of hydrogen-bond acceptors (Lipinski definition) is 4.